The number of fused-ring (bicyclic) bond motifs is 1. The van der Waals surface area contributed by atoms with Crippen molar-refractivity contribution in [3.63, 3.8) is 0 Å². The molecular weight excluding hydrogens is 354 g/mol. The second-order valence-electron chi connectivity index (χ2n) is 8.99. The van der Waals surface area contributed by atoms with Crippen LogP contribution in [0.1, 0.15) is 25.7 Å². The summed E-state index contributed by atoms with van der Waals surface area (Å²) in [6.07, 6.45) is 8.42. The van der Waals surface area contributed by atoms with Crippen molar-refractivity contribution in [3.05, 3.63) is 18.5 Å². The Labute approximate surface area is 167 Å². The van der Waals surface area contributed by atoms with Gasteiger partial charge in [0.1, 0.15) is 0 Å². The molecule has 1 aromatic heterocycles. The van der Waals surface area contributed by atoms with E-state index >= 15 is 0 Å². The van der Waals surface area contributed by atoms with Crippen LogP contribution in [0.2, 0.25) is 0 Å². The van der Waals surface area contributed by atoms with Gasteiger partial charge in [-0.1, -0.05) is 0 Å². The van der Waals surface area contributed by atoms with Crippen molar-refractivity contribution >= 4 is 11.9 Å². The molecule has 4 heterocycles. The molecule has 0 N–H and O–H groups in total. The Morgan fingerprint density at radius 2 is 1.93 bits per heavy atom. The van der Waals surface area contributed by atoms with Gasteiger partial charge in [-0.2, -0.15) is 0 Å². The summed E-state index contributed by atoms with van der Waals surface area (Å²) in [4.78, 5) is 29.7. The van der Waals surface area contributed by atoms with Gasteiger partial charge in [-0.25, -0.2) is 9.97 Å². The van der Waals surface area contributed by atoms with Crippen molar-refractivity contribution in [1.82, 2.24) is 19.8 Å². The Hall–Kier alpha value is -1.73. The Balaban J connectivity index is 1.42. The van der Waals surface area contributed by atoms with E-state index in [2.05, 4.69) is 24.7 Å². The summed E-state index contributed by atoms with van der Waals surface area (Å²) in [6, 6.07) is 1.85. The molecule has 5 rings (SSSR count). The van der Waals surface area contributed by atoms with Gasteiger partial charge in [0, 0.05) is 57.6 Å². The minimum Gasteiger partial charge on any atom is -0.378 e. The van der Waals surface area contributed by atoms with Gasteiger partial charge in [0.2, 0.25) is 11.9 Å². The Bertz CT molecular complexity index is 691. The summed E-state index contributed by atoms with van der Waals surface area (Å²) in [5.41, 5.74) is -0.311. The van der Waals surface area contributed by atoms with Gasteiger partial charge < -0.3 is 19.4 Å². The molecule has 7 heteroatoms. The standard InChI is InChI=1S/C21H31N5O2/c27-19(25-9-11-28-12-10-25)21-5-1-8-24(13-17-3-4-17)14-18(21)15-26(16-21)20-22-6-2-7-23-20/h2,6-7,17-18H,1,3-5,8-16H2/t18-,21-/m0/s1. The lowest BCUT2D eigenvalue weighted by Crippen LogP contribution is -2.52. The predicted molar refractivity (Wildman–Crippen MR) is 106 cm³/mol. The molecule has 0 bridgehead atoms. The van der Waals surface area contributed by atoms with E-state index in [4.69, 9.17) is 4.74 Å². The normalized spacial score (nSPS) is 31.5. The number of rotatable bonds is 4. The average molecular weight is 386 g/mol. The molecule has 3 saturated heterocycles. The molecule has 0 radical (unpaired) electrons. The van der Waals surface area contributed by atoms with Crippen LogP contribution in [0.15, 0.2) is 18.5 Å². The SMILES string of the molecule is O=C(N1CCOCC1)[C@]12CCCN(CC3CC3)C[C@H]1CN(c1ncccn1)C2. The summed E-state index contributed by atoms with van der Waals surface area (Å²) >= 11 is 0. The summed E-state index contributed by atoms with van der Waals surface area (Å²) in [6.45, 7) is 7.75. The van der Waals surface area contributed by atoms with Gasteiger partial charge in [-0.05, 0) is 44.2 Å². The maximum Gasteiger partial charge on any atom is 0.231 e. The largest absolute Gasteiger partial charge is 0.378 e. The van der Waals surface area contributed by atoms with E-state index in [1.807, 2.05) is 6.07 Å². The number of ether oxygens (including phenoxy) is 1. The molecule has 4 fully saturated rings. The Kier molecular flexibility index (Phi) is 4.97. The van der Waals surface area contributed by atoms with Crippen molar-refractivity contribution in [1.29, 1.82) is 0 Å². The first-order valence-corrected chi connectivity index (χ1v) is 10.9. The third kappa shape index (κ3) is 3.50. The molecule has 0 spiro atoms. The fraction of sp³-hybridized carbons (Fsp3) is 0.762. The Morgan fingerprint density at radius 3 is 2.68 bits per heavy atom. The van der Waals surface area contributed by atoms with Crippen LogP contribution in [-0.2, 0) is 9.53 Å². The topological polar surface area (TPSA) is 61.8 Å². The minimum absolute atomic E-state index is 0.311. The van der Waals surface area contributed by atoms with Gasteiger partial charge in [-0.3, -0.25) is 4.79 Å². The van der Waals surface area contributed by atoms with Crippen molar-refractivity contribution in [3.8, 4) is 0 Å². The first-order chi connectivity index (χ1) is 13.7. The molecular formula is C21H31N5O2. The molecule has 1 aliphatic carbocycles. The van der Waals surface area contributed by atoms with Crippen molar-refractivity contribution in [2.75, 3.05) is 63.9 Å². The van der Waals surface area contributed by atoms with E-state index in [1.54, 1.807) is 12.4 Å². The van der Waals surface area contributed by atoms with Gasteiger partial charge in [0.25, 0.3) is 0 Å². The third-order valence-electron chi connectivity index (χ3n) is 7.04. The molecule has 7 nitrogen and oxygen atoms in total. The minimum atomic E-state index is -0.311. The second kappa shape index (κ2) is 7.59. The van der Waals surface area contributed by atoms with E-state index in [9.17, 15) is 4.79 Å². The number of aromatic nitrogens is 2. The molecule has 3 aliphatic heterocycles. The molecule has 1 saturated carbocycles. The monoisotopic (exact) mass is 385 g/mol. The lowest BCUT2D eigenvalue weighted by Gasteiger charge is -2.38. The van der Waals surface area contributed by atoms with Crippen LogP contribution in [0.3, 0.4) is 0 Å². The molecule has 4 aliphatic rings. The maximum atomic E-state index is 13.8. The highest BCUT2D eigenvalue weighted by Crippen LogP contribution is 2.45. The zero-order valence-corrected chi connectivity index (χ0v) is 16.6. The number of likely N-dealkylation sites (tertiary alicyclic amines) is 1. The number of carbonyl (C=O) groups excluding carboxylic acids is 1. The highest BCUT2D eigenvalue weighted by Gasteiger charge is 2.55. The number of nitrogens with zero attached hydrogens (tertiary/aromatic N) is 5. The van der Waals surface area contributed by atoms with E-state index in [0.717, 1.165) is 64.0 Å². The number of amides is 1. The molecule has 0 unspecified atom stereocenters. The molecule has 1 amide bonds. The van der Waals surface area contributed by atoms with E-state index < -0.39 is 0 Å². The first-order valence-electron chi connectivity index (χ1n) is 10.9. The average Bonchev–Trinajstić information content (AvgIpc) is 3.51. The summed E-state index contributed by atoms with van der Waals surface area (Å²) in [5, 5.41) is 0. The van der Waals surface area contributed by atoms with Crippen LogP contribution < -0.4 is 4.90 Å². The molecule has 1 aromatic rings. The highest BCUT2D eigenvalue weighted by molar-refractivity contribution is 5.85. The summed E-state index contributed by atoms with van der Waals surface area (Å²) < 4.78 is 5.50. The number of hydrogen-bond donors (Lipinski definition) is 0. The van der Waals surface area contributed by atoms with Gasteiger partial charge >= 0.3 is 0 Å². The third-order valence-corrected chi connectivity index (χ3v) is 7.04. The van der Waals surface area contributed by atoms with Crippen LogP contribution in [-0.4, -0.2) is 84.7 Å². The summed E-state index contributed by atoms with van der Waals surface area (Å²) in [7, 11) is 0. The zero-order valence-electron chi connectivity index (χ0n) is 16.6. The number of morpholine rings is 1. The van der Waals surface area contributed by atoms with Crippen molar-refractivity contribution in [2.24, 2.45) is 17.3 Å². The van der Waals surface area contributed by atoms with E-state index in [0.29, 0.717) is 25.0 Å². The number of carbonyl (C=O) groups is 1. The molecule has 2 atom stereocenters. The first kappa shape index (κ1) is 18.3. The molecule has 0 aromatic carbocycles. The number of hydrogen-bond acceptors (Lipinski definition) is 6. The Morgan fingerprint density at radius 1 is 1.14 bits per heavy atom. The lowest BCUT2D eigenvalue weighted by molar-refractivity contribution is -0.148. The van der Waals surface area contributed by atoms with Crippen LogP contribution in [0.5, 0.6) is 0 Å². The fourth-order valence-electron chi connectivity index (χ4n) is 5.38. The fourth-order valence-corrected chi connectivity index (χ4v) is 5.38. The van der Waals surface area contributed by atoms with Crippen LogP contribution in [0.25, 0.3) is 0 Å². The van der Waals surface area contributed by atoms with Crippen molar-refractivity contribution in [2.45, 2.75) is 25.7 Å². The van der Waals surface area contributed by atoms with Crippen LogP contribution >= 0.6 is 0 Å². The molecule has 152 valence electrons. The van der Waals surface area contributed by atoms with Gasteiger partial charge in [0.15, 0.2) is 0 Å². The van der Waals surface area contributed by atoms with Crippen LogP contribution in [0.4, 0.5) is 5.95 Å². The second-order valence-corrected chi connectivity index (χ2v) is 8.99. The van der Waals surface area contributed by atoms with Crippen LogP contribution in [0, 0.1) is 17.3 Å². The van der Waals surface area contributed by atoms with Gasteiger partial charge in [-0.15, -0.1) is 0 Å². The van der Waals surface area contributed by atoms with Crippen molar-refractivity contribution < 1.29 is 9.53 Å². The van der Waals surface area contributed by atoms with Gasteiger partial charge in [0.05, 0.1) is 18.6 Å². The quantitative estimate of drug-likeness (QED) is 0.778. The predicted octanol–water partition coefficient (Wildman–Crippen LogP) is 1.26. The van der Waals surface area contributed by atoms with E-state index in [-0.39, 0.29) is 5.41 Å². The number of anilines is 1. The summed E-state index contributed by atoms with van der Waals surface area (Å²) in [5.74, 6) is 2.33. The smallest absolute Gasteiger partial charge is 0.231 e. The lowest BCUT2D eigenvalue weighted by atomic mass is 9.73. The molecule has 28 heavy (non-hydrogen) atoms. The maximum absolute atomic E-state index is 13.8. The zero-order chi connectivity index (χ0) is 19.0. The highest BCUT2D eigenvalue weighted by atomic mass is 16.5. The van der Waals surface area contributed by atoms with E-state index in [1.165, 1.54) is 19.4 Å².